The van der Waals surface area contributed by atoms with Gasteiger partial charge in [-0.15, -0.1) is 0 Å². The SMILES string of the molecule is COc1cc(/C=C2/Oc3cc(OS(=O)(=O)c4ccccc4)ccc3C2=O)cc(OC)c1OC. The van der Waals surface area contributed by atoms with Crippen molar-refractivity contribution in [2.24, 2.45) is 0 Å². The second-order valence-corrected chi connectivity index (χ2v) is 8.45. The first-order chi connectivity index (χ1) is 15.9. The van der Waals surface area contributed by atoms with E-state index in [-0.39, 0.29) is 33.5 Å². The van der Waals surface area contributed by atoms with Crippen LogP contribution in [0.5, 0.6) is 28.7 Å². The Kier molecular flexibility index (Phi) is 5.97. The highest BCUT2D eigenvalue weighted by Gasteiger charge is 2.29. The third kappa shape index (κ3) is 4.35. The van der Waals surface area contributed by atoms with E-state index >= 15 is 0 Å². The molecule has 33 heavy (non-hydrogen) atoms. The quantitative estimate of drug-likeness (QED) is 0.378. The second-order valence-electron chi connectivity index (χ2n) is 6.91. The molecule has 0 unspecified atom stereocenters. The summed E-state index contributed by atoms with van der Waals surface area (Å²) >= 11 is 0. The summed E-state index contributed by atoms with van der Waals surface area (Å²) in [7, 11) is 0.458. The minimum atomic E-state index is -4.02. The number of allylic oxidation sites excluding steroid dienone is 1. The van der Waals surface area contributed by atoms with Crippen molar-refractivity contribution in [2.75, 3.05) is 21.3 Å². The van der Waals surface area contributed by atoms with E-state index in [1.807, 2.05) is 0 Å². The Labute approximate surface area is 191 Å². The van der Waals surface area contributed by atoms with E-state index in [0.29, 0.717) is 22.8 Å². The van der Waals surface area contributed by atoms with Gasteiger partial charge in [0.15, 0.2) is 17.3 Å². The molecule has 0 saturated heterocycles. The molecule has 0 spiro atoms. The smallest absolute Gasteiger partial charge is 0.339 e. The van der Waals surface area contributed by atoms with E-state index in [0.717, 1.165) is 0 Å². The fourth-order valence-corrected chi connectivity index (χ4v) is 4.26. The Morgan fingerprint density at radius 2 is 1.52 bits per heavy atom. The van der Waals surface area contributed by atoms with Gasteiger partial charge < -0.3 is 23.1 Å². The number of ketones is 1. The molecule has 0 radical (unpaired) electrons. The summed E-state index contributed by atoms with van der Waals surface area (Å²) in [4.78, 5) is 12.8. The van der Waals surface area contributed by atoms with E-state index in [4.69, 9.17) is 23.1 Å². The zero-order chi connectivity index (χ0) is 23.6. The largest absolute Gasteiger partial charge is 0.493 e. The van der Waals surface area contributed by atoms with Crippen LogP contribution in [-0.4, -0.2) is 35.5 Å². The summed E-state index contributed by atoms with van der Waals surface area (Å²) < 4.78 is 51.8. The number of benzene rings is 3. The van der Waals surface area contributed by atoms with Crippen molar-refractivity contribution in [1.29, 1.82) is 0 Å². The van der Waals surface area contributed by atoms with Crippen LogP contribution in [0.3, 0.4) is 0 Å². The summed E-state index contributed by atoms with van der Waals surface area (Å²) in [5.74, 6) is 1.20. The molecule has 0 saturated carbocycles. The van der Waals surface area contributed by atoms with Gasteiger partial charge in [0.2, 0.25) is 11.5 Å². The summed E-state index contributed by atoms with van der Waals surface area (Å²) in [6, 6.07) is 15.3. The van der Waals surface area contributed by atoms with Gasteiger partial charge in [0.05, 0.1) is 26.9 Å². The Balaban J connectivity index is 1.63. The number of rotatable bonds is 7. The highest BCUT2D eigenvalue weighted by molar-refractivity contribution is 7.87. The number of hydrogen-bond acceptors (Lipinski definition) is 8. The molecule has 1 aliphatic heterocycles. The average molecular weight is 468 g/mol. The van der Waals surface area contributed by atoms with Crippen molar-refractivity contribution in [3.05, 3.63) is 77.5 Å². The number of carbonyl (C=O) groups is 1. The molecule has 1 aliphatic rings. The molecule has 3 aromatic rings. The second kappa shape index (κ2) is 8.87. The fourth-order valence-electron chi connectivity index (χ4n) is 3.32. The Morgan fingerprint density at radius 1 is 0.848 bits per heavy atom. The van der Waals surface area contributed by atoms with Gasteiger partial charge in [-0.2, -0.15) is 8.42 Å². The first-order valence-corrected chi connectivity index (χ1v) is 11.1. The van der Waals surface area contributed by atoms with Gasteiger partial charge in [-0.1, -0.05) is 18.2 Å². The summed E-state index contributed by atoms with van der Waals surface area (Å²) in [6.07, 6.45) is 1.54. The molecular formula is C24H20O8S. The number of carbonyl (C=O) groups excluding carboxylic acids is 1. The van der Waals surface area contributed by atoms with Crippen LogP contribution in [0.1, 0.15) is 15.9 Å². The predicted molar refractivity (Wildman–Crippen MR) is 120 cm³/mol. The lowest BCUT2D eigenvalue weighted by Crippen LogP contribution is -2.09. The van der Waals surface area contributed by atoms with Crippen molar-refractivity contribution >= 4 is 22.0 Å². The number of hydrogen-bond donors (Lipinski definition) is 0. The monoisotopic (exact) mass is 468 g/mol. The average Bonchev–Trinajstić information content (AvgIpc) is 3.12. The number of methoxy groups -OCH3 is 3. The topological polar surface area (TPSA) is 97.4 Å². The van der Waals surface area contributed by atoms with Crippen LogP contribution in [0.4, 0.5) is 0 Å². The van der Waals surface area contributed by atoms with Gasteiger partial charge >= 0.3 is 10.1 Å². The molecule has 0 fully saturated rings. The Morgan fingerprint density at radius 3 is 2.12 bits per heavy atom. The van der Waals surface area contributed by atoms with Gasteiger partial charge in [0, 0.05) is 6.07 Å². The predicted octanol–water partition coefficient (Wildman–Crippen LogP) is 4.10. The van der Waals surface area contributed by atoms with Crippen molar-refractivity contribution < 1.29 is 36.3 Å². The molecule has 0 aromatic heterocycles. The maximum Gasteiger partial charge on any atom is 0.339 e. The Bertz CT molecular complexity index is 1320. The molecule has 0 atom stereocenters. The highest BCUT2D eigenvalue weighted by atomic mass is 32.2. The van der Waals surface area contributed by atoms with Crippen LogP contribution in [0.25, 0.3) is 6.08 Å². The molecule has 170 valence electrons. The highest BCUT2D eigenvalue weighted by Crippen LogP contribution is 2.40. The summed E-state index contributed by atoms with van der Waals surface area (Å²) in [5.41, 5.74) is 0.877. The van der Waals surface area contributed by atoms with Crippen LogP contribution in [0.2, 0.25) is 0 Å². The van der Waals surface area contributed by atoms with Crippen LogP contribution < -0.4 is 23.1 Å². The molecule has 0 amide bonds. The molecule has 9 heteroatoms. The zero-order valence-corrected chi connectivity index (χ0v) is 18.8. The van der Waals surface area contributed by atoms with Crippen LogP contribution >= 0.6 is 0 Å². The van der Waals surface area contributed by atoms with Gasteiger partial charge in [-0.3, -0.25) is 4.79 Å². The van der Waals surface area contributed by atoms with Crippen molar-refractivity contribution in [2.45, 2.75) is 4.90 Å². The van der Waals surface area contributed by atoms with Gasteiger partial charge in [0.1, 0.15) is 16.4 Å². The number of Topliss-reactive ketones (excluding diaryl/α,β-unsaturated/α-hetero) is 1. The maximum absolute atomic E-state index is 12.8. The molecule has 4 rings (SSSR count). The molecule has 0 aliphatic carbocycles. The normalized spacial score (nSPS) is 13.9. The minimum absolute atomic E-state index is 0.0190. The van der Waals surface area contributed by atoms with Crippen molar-refractivity contribution in [3.63, 3.8) is 0 Å². The third-order valence-electron chi connectivity index (χ3n) is 4.86. The summed E-state index contributed by atoms with van der Waals surface area (Å²) in [5, 5.41) is 0. The molecule has 0 N–H and O–H groups in total. The van der Waals surface area contributed by atoms with E-state index < -0.39 is 10.1 Å². The van der Waals surface area contributed by atoms with E-state index in [1.54, 1.807) is 30.3 Å². The molecule has 0 bridgehead atoms. The lowest BCUT2D eigenvalue weighted by atomic mass is 10.1. The number of ether oxygens (including phenoxy) is 4. The molecule has 3 aromatic carbocycles. The van der Waals surface area contributed by atoms with Crippen LogP contribution in [0.15, 0.2) is 71.3 Å². The van der Waals surface area contributed by atoms with Crippen molar-refractivity contribution in [3.8, 4) is 28.7 Å². The van der Waals surface area contributed by atoms with Crippen LogP contribution in [-0.2, 0) is 10.1 Å². The molecule has 1 heterocycles. The van der Waals surface area contributed by atoms with Crippen LogP contribution in [0, 0.1) is 0 Å². The third-order valence-corrected chi connectivity index (χ3v) is 6.13. The fraction of sp³-hybridized carbons (Fsp3) is 0.125. The standard InChI is InChI=1S/C24H20O8S/c1-28-21-12-15(13-22(29-2)24(21)30-3)11-20-23(25)18-10-9-16(14-19(18)31-20)32-33(26,27)17-7-5-4-6-8-17/h4-14H,1-3H3/b20-11+. The molecular weight excluding hydrogens is 448 g/mol. The van der Waals surface area contributed by atoms with E-state index in [9.17, 15) is 13.2 Å². The van der Waals surface area contributed by atoms with Gasteiger partial charge in [0.25, 0.3) is 0 Å². The number of fused-ring (bicyclic) bond motifs is 1. The minimum Gasteiger partial charge on any atom is -0.493 e. The summed E-state index contributed by atoms with van der Waals surface area (Å²) in [6.45, 7) is 0. The lowest BCUT2D eigenvalue weighted by Gasteiger charge is -2.13. The van der Waals surface area contributed by atoms with Gasteiger partial charge in [-0.05, 0) is 48.0 Å². The van der Waals surface area contributed by atoms with Gasteiger partial charge in [-0.25, -0.2) is 0 Å². The van der Waals surface area contributed by atoms with E-state index in [1.165, 1.54) is 57.7 Å². The first-order valence-electron chi connectivity index (χ1n) is 9.74. The first kappa shape index (κ1) is 22.2. The van der Waals surface area contributed by atoms with E-state index in [2.05, 4.69) is 0 Å². The Hall–Kier alpha value is -3.98. The van der Waals surface area contributed by atoms with Crippen molar-refractivity contribution in [1.82, 2.24) is 0 Å². The lowest BCUT2D eigenvalue weighted by molar-refractivity contribution is 0.101. The maximum atomic E-state index is 12.8. The zero-order valence-electron chi connectivity index (χ0n) is 18.0. The molecule has 8 nitrogen and oxygen atoms in total.